The van der Waals surface area contributed by atoms with Crippen LogP contribution in [-0.4, -0.2) is 24.2 Å². The largest absolute Gasteiger partial charge is 0.478 e. The number of hydrogen-bond acceptors (Lipinski definition) is 3. The standard InChI is InChI=1S/C17H24N2O2/c1-12-10-13(11-14(15(12)18)16(20)21)19-8-6-17(7-9-19)4-2-3-5-17/h10-11H,2-9,18H2,1H3,(H,20,21). The van der Waals surface area contributed by atoms with E-state index in [1.165, 1.54) is 38.5 Å². The number of piperidine rings is 1. The summed E-state index contributed by atoms with van der Waals surface area (Å²) in [7, 11) is 0. The van der Waals surface area contributed by atoms with E-state index in [-0.39, 0.29) is 5.56 Å². The molecule has 0 atom stereocenters. The normalized spacial score (nSPS) is 20.9. The predicted molar refractivity (Wildman–Crippen MR) is 84.9 cm³/mol. The summed E-state index contributed by atoms with van der Waals surface area (Å²) in [5, 5.41) is 9.28. The molecule has 1 saturated heterocycles. The molecule has 114 valence electrons. The van der Waals surface area contributed by atoms with Crippen molar-refractivity contribution in [3.05, 3.63) is 23.3 Å². The highest BCUT2D eigenvalue weighted by Crippen LogP contribution is 2.46. The second kappa shape index (κ2) is 5.24. The van der Waals surface area contributed by atoms with Gasteiger partial charge < -0.3 is 15.7 Å². The summed E-state index contributed by atoms with van der Waals surface area (Å²) in [4.78, 5) is 13.6. The van der Waals surface area contributed by atoms with Gasteiger partial charge in [0.25, 0.3) is 0 Å². The SMILES string of the molecule is Cc1cc(N2CCC3(CCCC3)CC2)cc(C(=O)O)c1N. The molecule has 0 aromatic heterocycles. The third kappa shape index (κ3) is 2.59. The average molecular weight is 288 g/mol. The smallest absolute Gasteiger partial charge is 0.337 e. The molecule has 4 heteroatoms. The van der Waals surface area contributed by atoms with Crippen LogP contribution < -0.4 is 10.6 Å². The van der Waals surface area contributed by atoms with Gasteiger partial charge in [-0.05, 0) is 55.7 Å². The van der Waals surface area contributed by atoms with Crippen LogP contribution in [-0.2, 0) is 0 Å². The molecule has 21 heavy (non-hydrogen) atoms. The highest BCUT2D eigenvalue weighted by atomic mass is 16.4. The third-order valence-electron chi connectivity index (χ3n) is 5.46. The van der Waals surface area contributed by atoms with E-state index in [0.29, 0.717) is 11.1 Å². The molecule has 0 radical (unpaired) electrons. The zero-order valence-electron chi connectivity index (χ0n) is 12.7. The van der Waals surface area contributed by atoms with E-state index in [2.05, 4.69) is 4.90 Å². The first kappa shape index (κ1) is 14.2. The molecule has 3 rings (SSSR count). The first-order valence-corrected chi connectivity index (χ1v) is 7.89. The molecule has 1 saturated carbocycles. The van der Waals surface area contributed by atoms with E-state index in [4.69, 9.17) is 5.73 Å². The molecule has 0 amide bonds. The summed E-state index contributed by atoms with van der Waals surface area (Å²) in [6, 6.07) is 3.76. The minimum absolute atomic E-state index is 0.228. The highest BCUT2D eigenvalue weighted by molar-refractivity contribution is 5.95. The molecule has 2 aliphatic rings. The topological polar surface area (TPSA) is 66.6 Å². The van der Waals surface area contributed by atoms with Crippen molar-refractivity contribution in [2.45, 2.75) is 45.4 Å². The Morgan fingerprint density at radius 1 is 1.19 bits per heavy atom. The van der Waals surface area contributed by atoms with Crippen LogP contribution in [0.25, 0.3) is 0 Å². The number of anilines is 2. The molecule has 2 fully saturated rings. The number of rotatable bonds is 2. The maximum atomic E-state index is 11.3. The Balaban J connectivity index is 1.80. The van der Waals surface area contributed by atoms with E-state index in [9.17, 15) is 9.90 Å². The number of carboxylic acid groups (broad SMARTS) is 1. The molecule has 1 spiro atoms. The van der Waals surface area contributed by atoms with Crippen LogP contribution in [0.3, 0.4) is 0 Å². The fraction of sp³-hybridized carbons (Fsp3) is 0.588. The average Bonchev–Trinajstić information content (AvgIpc) is 2.90. The van der Waals surface area contributed by atoms with Crippen LogP contribution in [0.4, 0.5) is 11.4 Å². The molecule has 1 heterocycles. The molecule has 4 nitrogen and oxygen atoms in total. The number of nitrogens with two attached hydrogens (primary N) is 1. The van der Waals surface area contributed by atoms with Gasteiger partial charge in [-0.3, -0.25) is 0 Å². The van der Waals surface area contributed by atoms with Crippen LogP contribution in [0.15, 0.2) is 12.1 Å². The van der Waals surface area contributed by atoms with Gasteiger partial charge in [0.15, 0.2) is 0 Å². The van der Waals surface area contributed by atoms with Gasteiger partial charge in [0.1, 0.15) is 0 Å². The first-order chi connectivity index (χ1) is 10.0. The molecule has 0 unspecified atom stereocenters. The van der Waals surface area contributed by atoms with Gasteiger partial charge in [0.05, 0.1) is 5.56 Å². The zero-order valence-corrected chi connectivity index (χ0v) is 12.7. The Hall–Kier alpha value is -1.71. The van der Waals surface area contributed by atoms with Gasteiger partial charge in [0, 0.05) is 24.5 Å². The number of aryl methyl sites for hydroxylation is 1. The van der Waals surface area contributed by atoms with Gasteiger partial charge in [-0.15, -0.1) is 0 Å². The van der Waals surface area contributed by atoms with Crippen LogP contribution in [0.2, 0.25) is 0 Å². The van der Waals surface area contributed by atoms with Crippen molar-refractivity contribution in [2.24, 2.45) is 5.41 Å². The van der Waals surface area contributed by atoms with Gasteiger partial charge >= 0.3 is 5.97 Å². The number of benzene rings is 1. The van der Waals surface area contributed by atoms with Crippen LogP contribution >= 0.6 is 0 Å². The lowest BCUT2D eigenvalue weighted by atomic mass is 9.77. The quantitative estimate of drug-likeness (QED) is 0.818. The van der Waals surface area contributed by atoms with Crippen LogP contribution in [0, 0.1) is 12.3 Å². The number of carbonyl (C=O) groups is 1. The zero-order chi connectivity index (χ0) is 15.0. The van der Waals surface area contributed by atoms with Crippen molar-refractivity contribution >= 4 is 17.3 Å². The van der Waals surface area contributed by atoms with E-state index >= 15 is 0 Å². The highest BCUT2D eigenvalue weighted by Gasteiger charge is 2.37. The lowest BCUT2D eigenvalue weighted by Gasteiger charge is -2.40. The Bertz CT molecular complexity index is 552. The summed E-state index contributed by atoms with van der Waals surface area (Å²) in [5.74, 6) is -0.943. The summed E-state index contributed by atoms with van der Waals surface area (Å²) in [6.07, 6.45) is 7.98. The van der Waals surface area contributed by atoms with Crippen LogP contribution in [0.1, 0.15) is 54.4 Å². The molecular weight excluding hydrogens is 264 g/mol. The Labute approximate surface area is 125 Å². The van der Waals surface area contributed by atoms with Crippen molar-refractivity contribution in [3.63, 3.8) is 0 Å². The Morgan fingerprint density at radius 2 is 1.81 bits per heavy atom. The molecule has 1 aromatic rings. The third-order valence-corrected chi connectivity index (χ3v) is 5.46. The minimum atomic E-state index is -0.943. The fourth-order valence-electron chi connectivity index (χ4n) is 4.00. The molecule has 3 N–H and O–H groups in total. The second-order valence-electron chi connectivity index (χ2n) is 6.72. The van der Waals surface area contributed by atoms with E-state index in [0.717, 1.165) is 24.3 Å². The molecule has 0 bridgehead atoms. The number of hydrogen-bond donors (Lipinski definition) is 2. The fourth-order valence-corrected chi connectivity index (χ4v) is 4.00. The van der Waals surface area contributed by atoms with Gasteiger partial charge in [-0.1, -0.05) is 12.8 Å². The van der Waals surface area contributed by atoms with Crippen molar-refractivity contribution < 1.29 is 9.90 Å². The monoisotopic (exact) mass is 288 g/mol. The summed E-state index contributed by atoms with van der Waals surface area (Å²) < 4.78 is 0. The molecular formula is C17H24N2O2. The number of nitrogen functional groups attached to an aromatic ring is 1. The lowest BCUT2D eigenvalue weighted by molar-refractivity contribution is 0.0698. The van der Waals surface area contributed by atoms with E-state index in [1.54, 1.807) is 6.07 Å². The number of aromatic carboxylic acids is 1. The van der Waals surface area contributed by atoms with Gasteiger partial charge in [0.2, 0.25) is 0 Å². The van der Waals surface area contributed by atoms with Crippen molar-refractivity contribution in [1.29, 1.82) is 0 Å². The summed E-state index contributed by atoms with van der Waals surface area (Å²) in [5.41, 5.74) is 8.93. The molecule has 1 aliphatic heterocycles. The van der Waals surface area contributed by atoms with Gasteiger partial charge in [-0.2, -0.15) is 0 Å². The van der Waals surface area contributed by atoms with Crippen LogP contribution in [0.5, 0.6) is 0 Å². The maximum absolute atomic E-state index is 11.3. The minimum Gasteiger partial charge on any atom is -0.478 e. The molecule has 1 aliphatic carbocycles. The Morgan fingerprint density at radius 3 is 2.38 bits per heavy atom. The number of nitrogens with zero attached hydrogens (tertiary/aromatic N) is 1. The van der Waals surface area contributed by atoms with E-state index < -0.39 is 5.97 Å². The number of carboxylic acids is 1. The maximum Gasteiger partial charge on any atom is 0.337 e. The van der Waals surface area contributed by atoms with Gasteiger partial charge in [-0.25, -0.2) is 4.79 Å². The Kier molecular flexibility index (Phi) is 3.56. The van der Waals surface area contributed by atoms with Crippen molar-refractivity contribution in [3.8, 4) is 0 Å². The lowest BCUT2D eigenvalue weighted by Crippen LogP contribution is -2.39. The predicted octanol–water partition coefficient (Wildman–Crippen LogP) is 3.44. The van der Waals surface area contributed by atoms with Crippen molar-refractivity contribution in [1.82, 2.24) is 0 Å². The van der Waals surface area contributed by atoms with E-state index in [1.807, 2.05) is 13.0 Å². The second-order valence-corrected chi connectivity index (χ2v) is 6.72. The molecule has 1 aromatic carbocycles. The first-order valence-electron chi connectivity index (χ1n) is 7.89. The summed E-state index contributed by atoms with van der Waals surface area (Å²) >= 11 is 0. The summed E-state index contributed by atoms with van der Waals surface area (Å²) in [6.45, 7) is 3.94. The van der Waals surface area contributed by atoms with Crippen molar-refractivity contribution in [2.75, 3.05) is 23.7 Å².